The predicted molar refractivity (Wildman–Crippen MR) is 74.9 cm³/mol. The molecule has 5 heteroatoms. The summed E-state index contributed by atoms with van der Waals surface area (Å²) in [6.07, 6.45) is 0. The minimum atomic E-state index is -0.937. The lowest BCUT2D eigenvalue weighted by molar-refractivity contribution is 0.514. The van der Waals surface area contributed by atoms with E-state index in [4.69, 9.17) is 5.73 Å². The Hall–Kier alpha value is -2.43. The van der Waals surface area contributed by atoms with E-state index in [2.05, 4.69) is 4.98 Å². The van der Waals surface area contributed by atoms with E-state index in [9.17, 15) is 8.78 Å². The van der Waals surface area contributed by atoms with Crippen LogP contribution in [0.4, 0.5) is 14.7 Å². The summed E-state index contributed by atoms with van der Waals surface area (Å²) >= 11 is 0. The summed E-state index contributed by atoms with van der Waals surface area (Å²) in [5.74, 6) is -1.71. The van der Waals surface area contributed by atoms with Gasteiger partial charge < -0.3 is 5.73 Å². The van der Waals surface area contributed by atoms with Gasteiger partial charge in [0.2, 0.25) is 5.95 Å². The van der Waals surface area contributed by atoms with Crippen molar-refractivity contribution in [2.75, 3.05) is 5.73 Å². The molecule has 2 aromatic carbocycles. The van der Waals surface area contributed by atoms with Crippen molar-refractivity contribution in [2.24, 2.45) is 0 Å². The van der Waals surface area contributed by atoms with Crippen LogP contribution in [0.5, 0.6) is 0 Å². The summed E-state index contributed by atoms with van der Waals surface area (Å²) < 4.78 is 29.0. The molecule has 3 rings (SSSR count). The molecule has 20 heavy (non-hydrogen) atoms. The Kier molecular flexibility index (Phi) is 2.71. The number of hydrogen-bond acceptors (Lipinski definition) is 2. The molecule has 2 N–H and O–H groups in total. The van der Waals surface area contributed by atoms with Crippen LogP contribution in [0.3, 0.4) is 0 Å². The molecule has 0 saturated carbocycles. The first-order chi connectivity index (χ1) is 9.49. The number of aromatic nitrogens is 2. The maximum absolute atomic E-state index is 14.1. The third-order valence-electron chi connectivity index (χ3n) is 3.34. The van der Waals surface area contributed by atoms with Gasteiger partial charge in [-0.3, -0.25) is 4.57 Å². The average Bonchev–Trinajstić information content (AvgIpc) is 2.74. The van der Waals surface area contributed by atoms with Gasteiger partial charge in [-0.05, 0) is 43.2 Å². The molecule has 0 fully saturated rings. The monoisotopic (exact) mass is 273 g/mol. The molecule has 0 radical (unpaired) electrons. The number of benzene rings is 2. The van der Waals surface area contributed by atoms with Crippen LogP contribution in [0.25, 0.3) is 16.7 Å². The van der Waals surface area contributed by atoms with E-state index in [0.29, 0.717) is 11.2 Å². The van der Waals surface area contributed by atoms with Gasteiger partial charge in [-0.15, -0.1) is 0 Å². The highest BCUT2D eigenvalue weighted by Gasteiger charge is 2.18. The quantitative estimate of drug-likeness (QED) is 0.737. The Labute approximate surface area is 114 Å². The van der Waals surface area contributed by atoms with Gasteiger partial charge in [0.1, 0.15) is 5.52 Å². The number of nitrogens with zero attached hydrogens (tertiary/aromatic N) is 2. The van der Waals surface area contributed by atoms with Crippen LogP contribution in [0.1, 0.15) is 11.1 Å². The Balaban J connectivity index is 2.44. The fraction of sp³-hybridized carbons (Fsp3) is 0.133. The van der Waals surface area contributed by atoms with Crippen molar-refractivity contribution in [1.29, 1.82) is 0 Å². The van der Waals surface area contributed by atoms with E-state index in [1.807, 2.05) is 32.0 Å². The molecule has 0 bridgehead atoms. The van der Waals surface area contributed by atoms with Crippen molar-refractivity contribution in [2.45, 2.75) is 13.8 Å². The van der Waals surface area contributed by atoms with Crippen molar-refractivity contribution >= 4 is 17.0 Å². The van der Waals surface area contributed by atoms with Crippen LogP contribution in [-0.2, 0) is 0 Å². The van der Waals surface area contributed by atoms with Crippen molar-refractivity contribution in [1.82, 2.24) is 9.55 Å². The summed E-state index contributed by atoms with van der Waals surface area (Å²) in [6, 6.07) is 8.21. The van der Waals surface area contributed by atoms with Gasteiger partial charge in [-0.1, -0.05) is 12.1 Å². The highest BCUT2D eigenvalue weighted by Crippen LogP contribution is 2.28. The van der Waals surface area contributed by atoms with E-state index in [0.717, 1.165) is 17.2 Å². The average molecular weight is 273 g/mol. The minimum Gasteiger partial charge on any atom is -0.369 e. The number of anilines is 1. The van der Waals surface area contributed by atoms with Crippen LogP contribution >= 0.6 is 0 Å². The molecule has 1 aromatic heterocycles. The van der Waals surface area contributed by atoms with Crippen LogP contribution < -0.4 is 5.73 Å². The Morgan fingerprint density at radius 3 is 2.60 bits per heavy atom. The van der Waals surface area contributed by atoms with Crippen LogP contribution in [0.2, 0.25) is 0 Å². The molecule has 0 aliphatic carbocycles. The number of aryl methyl sites for hydroxylation is 2. The number of nitrogens with two attached hydrogens (primary N) is 1. The normalized spacial score (nSPS) is 11.2. The van der Waals surface area contributed by atoms with Gasteiger partial charge in [0.25, 0.3) is 0 Å². The topological polar surface area (TPSA) is 43.8 Å². The maximum Gasteiger partial charge on any atom is 0.206 e. The summed E-state index contributed by atoms with van der Waals surface area (Å²) in [5, 5.41) is 0. The standard InChI is InChI=1S/C15H13F2N3/c1-8-3-4-9(2)12(7-8)20-14-11(19-15(20)18)6-5-10(16)13(14)17/h3-7H,1-2H3,(H2,18,19). The second kappa shape index (κ2) is 4.30. The van der Waals surface area contributed by atoms with Crippen LogP contribution in [-0.4, -0.2) is 9.55 Å². The van der Waals surface area contributed by atoms with Gasteiger partial charge in [0.05, 0.1) is 11.2 Å². The summed E-state index contributed by atoms with van der Waals surface area (Å²) in [6.45, 7) is 3.81. The molecule has 1 heterocycles. The van der Waals surface area contributed by atoms with Crippen molar-refractivity contribution < 1.29 is 8.78 Å². The molecule has 3 nitrogen and oxygen atoms in total. The van der Waals surface area contributed by atoms with Crippen LogP contribution in [0.15, 0.2) is 30.3 Å². The van der Waals surface area contributed by atoms with Crippen molar-refractivity contribution in [3.8, 4) is 5.69 Å². The van der Waals surface area contributed by atoms with Gasteiger partial charge in [0.15, 0.2) is 11.6 Å². The van der Waals surface area contributed by atoms with Gasteiger partial charge >= 0.3 is 0 Å². The van der Waals surface area contributed by atoms with Crippen molar-refractivity contribution in [3.63, 3.8) is 0 Å². The lowest BCUT2D eigenvalue weighted by atomic mass is 10.1. The van der Waals surface area contributed by atoms with Gasteiger partial charge in [-0.2, -0.15) is 0 Å². The number of fused-ring (bicyclic) bond motifs is 1. The smallest absolute Gasteiger partial charge is 0.206 e. The third kappa shape index (κ3) is 1.74. The zero-order chi connectivity index (χ0) is 14.4. The SMILES string of the molecule is Cc1ccc(C)c(-n2c(N)nc3ccc(F)c(F)c32)c1. The first-order valence-corrected chi connectivity index (χ1v) is 6.18. The van der Waals surface area contributed by atoms with Crippen LogP contribution in [0, 0.1) is 25.5 Å². The van der Waals surface area contributed by atoms with E-state index in [1.165, 1.54) is 10.6 Å². The Morgan fingerprint density at radius 2 is 1.85 bits per heavy atom. The molecule has 0 amide bonds. The molecule has 0 saturated heterocycles. The first kappa shape index (κ1) is 12.6. The fourth-order valence-electron chi connectivity index (χ4n) is 2.32. The second-order valence-corrected chi connectivity index (χ2v) is 4.82. The Morgan fingerprint density at radius 1 is 1.10 bits per heavy atom. The third-order valence-corrected chi connectivity index (χ3v) is 3.34. The van der Waals surface area contributed by atoms with E-state index < -0.39 is 11.6 Å². The molecular weight excluding hydrogens is 260 g/mol. The maximum atomic E-state index is 14.1. The molecule has 0 unspecified atom stereocenters. The zero-order valence-electron chi connectivity index (χ0n) is 11.1. The molecule has 0 spiro atoms. The number of halogens is 2. The lowest BCUT2D eigenvalue weighted by Gasteiger charge is -2.11. The summed E-state index contributed by atoms with van der Waals surface area (Å²) in [5.41, 5.74) is 8.90. The van der Waals surface area contributed by atoms with E-state index in [-0.39, 0.29) is 11.5 Å². The number of nitrogen functional groups attached to an aromatic ring is 1. The number of rotatable bonds is 1. The predicted octanol–water partition coefficient (Wildman–Crippen LogP) is 3.50. The van der Waals surface area contributed by atoms with Gasteiger partial charge in [0, 0.05) is 0 Å². The second-order valence-electron chi connectivity index (χ2n) is 4.82. The molecule has 0 aliphatic heterocycles. The first-order valence-electron chi connectivity index (χ1n) is 6.18. The highest BCUT2D eigenvalue weighted by molar-refractivity contribution is 5.82. The number of imidazole rings is 1. The molecule has 3 aromatic rings. The molecular formula is C15H13F2N3. The van der Waals surface area contributed by atoms with Gasteiger partial charge in [-0.25, -0.2) is 13.8 Å². The largest absolute Gasteiger partial charge is 0.369 e. The summed E-state index contributed by atoms with van der Waals surface area (Å²) in [4.78, 5) is 4.10. The van der Waals surface area contributed by atoms with Crippen molar-refractivity contribution in [3.05, 3.63) is 53.1 Å². The Bertz CT molecular complexity index is 822. The van der Waals surface area contributed by atoms with E-state index >= 15 is 0 Å². The molecule has 0 atom stereocenters. The zero-order valence-corrected chi connectivity index (χ0v) is 11.1. The summed E-state index contributed by atoms with van der Waals surface area (Å²) in [7, 11) is 0. The highest BCUT2D eigenvalue weighted by atomic mass is 19.2. The number of hydrogen-bond donors (Lipinski definition) is 1. The minimum absolute atomic E-state index is 0.0659. The van der Waals surface area contributed by atoms with E-state index in [1.54, 1.807) is 0 Å². The molecule has 0 aliphatic rings. The lowest BCUT2D eigenvalue weighted by Crippen LogP contribution is -2.04. The molecule has 102 valence electrons. The fourth-order valence-corrected chi connectivity index (χ4v) is 2.32.